The van der Waals surface area contributed by atoms with Gasteiger partial charge in [-0.05, 0) is 77.0 Å². The largest absolute Gasteiger partial charge is 0.545 e. The average Bonchev–Trinajstić information content (AvgIpc) is 3.27. The van der Waals surface area contributed by atoms with E-state index >= 15 is 0 Å². The second-order valence-corrected chi connectivity index (χ2v) is 18.8. The van der Waals surface area contributed by atoms with Gasteiger partial charge in [-0.3, -0.25) is 9.59 Å². The molecule has 0 bridgehead atoms. The molecule has 0 N–H and O–H groups in total. The maximum absolute atomic E-state index is 12.8. The number of carbonyl (C=O) groups is 3. The molecule has 9 heteroatoms. The van der Waals surface area contributed by atoms with Crippen molar-refractivity contribution < 1.29 is 42.9 Å². The summed E-state index contributed by atoms with van der Waals surface area (Å²) in [6.07, 6.45) is 55.5. The third-order valence-electron chi connectivity index (χ3n) is 11.2. The molecule has 65 heavy (non-hydrogen) atoms. The van der Waals surface area contributed by atoms with E-state index in [0.717, 1.165) is 83.5 Å². The first kappa shape index (κ1) is 62.0. The number of aliphatic carboxylic acids is 1. The molecule has 0 aliphatic heterocycles. The zero-order valence-electron chi connectivity index (χ0n) is 42.6. The number of rotatable bonds is 48. The molecule has 0 aromatic heterocycles. The van der Waals surface area contributed by atoms with Crippen molar-refractivity contribution in [3.63, 3.8) is 0 Å². The highest BCUT2D eigenvalue weighted by molar-refractivity contribution is 5.70. The normalized spacial score (nSPS) is 13.3. The molecule has 0 amide bonds. The maximum atomic E-state index is 12.8. The van der Waals surface area contributed by atoms with Gasteiger partial charge < -0.3 is 33.3 Å². The lowest BCUT2D eigenvalue weighted by Gasteiger charge is -2.26. The van der Waals surface area contributed by atoms with Crippen LogP contribution >= 0.6 is 0 Å². The number of esters is 2. The molecule has 0 heterocycles. The minimum absolute atomic E-state index is 0.143. The number of hydrogen-bond donors (Lipinski definition) is 0. The van der Waals surface area contributed by atoms with E-state index in [9.17, 15) is 19.5 Å². The SMILES string of the molecule is CCC/C=C\C/C=C\CCCCCCCC(=O)OCC(COC(OCC[N+](C)(C)C)C(=O)[O-])OC(=O)CCCCCCCCCCCCCC/C=C\C/C=C\C/C=C\CCCCCCC. The number of carbonyl (C=O) groups excluding carboxylic acids is 3. The molecule has 9 nitrogen and oxygen atoms in total. The van der Waals surface area contributed by atoms with Crippen LogP contribution in [0.4, 0.5) is 0 Å². The van der Waals surface area contributed by atoms with Gasteiger partial charge in [-0.1, -0.05) is 190 Å². The molecule has 0 rings (SSSR count). The van der Waals surface area contributed by atoms with Crippen molar-refractivity contribution in [3.05, 3.63) is 60.8 Å². The number of likely N-dealkylation sites (N-methyl/N-ethyl adjacent to an activating group) is 1. The van der Waals surface area contributed by atoms with E-state index in [1.54, 1.807) is 0 Å². The Hall–Kier alpha value is -3.01. The second kappa shape index (κ2) is 47.5. The molecule has 2 unspecified atom stereocenters. The van der Waals surface area contributed by atoms with E-state index in [4.69, 9.17) is 18.9 Å². The van der Waals surface area contributed by atoms with Gasteiger partial charge in [0.1, 0.15) is 13.2 Å². The number of ether oxygens (including phenoxy) is 4. The third kappa shape index (κ3) is 48.7. The number of carboxylic acids is 1. The van der Waals surface area contributed by atoms with Crippen molar-refractivity contribution in [3.8, 4) is 0 Å². The van der Waals surface area contributed by atoms with Gasteiger partial charge in [0.2, 0.25) is 0 Å². The van der Waals surface area contributed by atoms with Crippen molar-refractivity contribution >= 4 is 17.9 Å². The maximum Gasteiger partial charge on any atom is 0.306 e. The molecule has 376 valence electrons. The highest BCUT2D eigenvalue weighted by atomic mass is 16.7. The van der Waals surface area contributed by atoms with Crippen molar-refractivity contribution in [2.24, 2.45) is 0 Å². The Kier molecular flexibility index (Phi) is 45.3. The quantitative estimate of drug-likeness (QED) is 0.0195. The fraction of sp³-hybridized carbons (Fsp3) is 0.768. The van der Waals surface area contributed by atoms with Gasteiger partial charge in [-0.15, -0.1) is 0 Å². The van der Waals surface area contributed by atoms with Gasteiger partial charge in [0, 0.05) is 12.8 Å². The minimum atomic E-state index is -1.63. The summed E-state index contributed by atoms with van der Waals surface area (Å²) in [5, 5.41) is 11.7. The molecule has 0 aliphatic rings. The average molecular weight is 914 g/mol. The van der Waals surface area contributed by atoms with E-state index in [2.05, 4.69) is 74.6 Å². The van der Waals surface area contributed by atoms with E-state index in [-0.39, 0.29) is 38.6 Å². The predicted molar refractivity (Wildman–Crippen MR) is 269 cm³/mol. The summed E-state index contributed by atoms with van der Waals surface area (Å²) in [4.78, 5) is 37.1. The second-order valence-electron chi connectivity index (χ2n) is 18.8. The molecule has 0 aliphatic carbocycles. The Bertz CT molecular complexity index is 1250. The van der Waals surface area contributed by atoms with Crippen LogP contribution in [0.5, 0.6) is 0 Å². The van der Waals surface area contributed by atoms with E-state index in [0.29, 0.717) is 17.4 Å². The monoisotopic (exact) mass is 914 g/mol. The van der Waals surface area contributed by atoms with Gasteiger partial charge in [0.25, 0.3) is 0 Å². The van der Waals surface area contributed by atoms with Gasteiger partial charge in [-0.25, -0.2) is 0 Å². The highest BCUT2D eigenvalue weighted by Crippen LogP contribution is 2.15. The summed E-state index contributed by atoms with van der Waals surface area (Å²) < 4.78 is 22.6. The van der Waals surface area contributed by atoms with Crippen LogP contribution in [0.3, 0.4) is 0 Å². The van der Waals surface area contributed by atoms with Crippen LogP contribution in [0, 0.1) is 0 Å². The van der Waals surface area contributed by atoms with E-state index in [1.807, 2.05) is 21.1 Å². The number of nitrogens with zero attached hydrogens (tertiary/aromatic N) is 1. The van der Waals surface area contributed by atoms with Crippen LogP contribution in [-0.2, 0) is 33.3 Å². The van der Waals surface area contributed by atoms with Gasteiger partial charge in [0.15, 0.2) is 12.4 Å². The first-order valence-corrected chi connectivity index (χ1v) is 26.4. The van der Waals surface area contributed by atoms with Crippen LogP contribution < -0.4 is 5.11 Å². The van der Waals surface area contributed by atoms with Crippen molar-refractivity contribution in [1.82, 2.24) is 0 Å². The number of carboxylic acid groups (broad SMARTS) is 1. The van der Waals surface area contributed by atoms with Crippen LogP contribution in [0.2, 0.25) is 0 Å². The smallest absolute Gasteiger partial charge is 0.306 e. The Labute approximate surface area is 399 Å². The fourth-order valence-corrected chi connectivity index (χ4v) is 7.11. The summed E-state index contributed by atoms with van der Waals surface area (Å²) >= 11 is 0. The Morgan fingerprint density at radius 1 is 0.462 bits per heavy atom. The van der Waals surface area contributed by atoms with Crippen LogP contribution in [0.25, 0.3) is 0 Å². The third-order valence-corrected chi connectivity index (χ3v) is 11.2. The zero-order chi connectivity index (χ0) is 47.7. The van der Waals surface area contributed by atoms with E-state index < -0.39 is 24.3 Å². The lowest BCUT2D eigenvalue weighted by atomic mass is 10.0. The Morgan fingerprint density at radius 3 is 1.29 bits per heavy atom. The minimum Gasteiger partial charge on any atom is -0.545 e. The summed E-state index contributed by atoms with van der Waals surface area (Å²) in [7, 11) is 5.91. The molecule has 0 aromatic rings. The van der Waals surface area contributed by atoms with E-state index in [1.165, 1.54) is 103 Å². The molecular formula is C56H99NO8. The number of quaternary nitrogens is 1. The molecule has 0 fully saturated rings. The number of allylic oxidation sites excluding steroid dienone is 10. The predicted octanol–water partition coefficient (Wildman–Crippen LogP) is 13.6. The van der Waals surface area contributed by atoms with Crippen molar-refractivity contribution in [2.45, 2.75) is 232 Å². The molecule has 0 radical (unpaired) electrons. The van der Waals surface area contributed by atoms with Crippen molar-refractivity contribution in [1.29, 1.82) is 0 Å². The zero-order valence-corrected chi connectivity index (χ0v) is 42.6. The van der Waals surface area contributed by atoms with Crippen LogP contribution in [0.1, 0.15) is 219 Å². The lowest BCUT2D eigenvalue weighted by Crippen LogP contribution is -2.44. The van der Waals surface area contributed by atoms with Crippen LogP contribution in [-0.4, -0.2) is 82.3 Å². The fourth-order valence-electron chi connectivity index (χ4n) is 7.11. The Morgan fingerprint density at radius 2 is 0.862 bits per heavy atom. The first-order valence-electron chi connectivity index (χ1n) is 26.4. The van der Waals surface area contributed by atoms with Crippen molar-refractivity contribution in [2.75, 3.05) is 47.5 Å². The number of hydrogen-bond acceptors (Lipinski definition) is 8. The molecular weight excluding hydrogens is 815 g/mol. The molecule has 2 atom stereocenters. The molecule has 0 aromatic carbocycles. The van der Waals surface area contributed by atoms with Gasteiger partial charge in [-0.2, -0.15) is 0 Å². The van der Waals surface area contributed by atoms with Gasteiger partial charge in [0.05, 0.1) is 40.3 Å². The lowest BCUT2D eigenvalue weighted by molar-refractivity contribution is -0.870. The highest BCUT2D eigenvalue weighted by Gasteiger charge is 2.22. The molecule has 0 spiro atoms. The molecule has 0 saturated heterocycles. The summed E-state index contributed by atoms with van der Waals surface area (Å²) in [5.74, 6) is -2.31. The number of unbranched alkanes of at least 4 members (excludes halogenated alkanes) is 23. The summed E-state index contributed by atoms with van der Waals surface area (Å²) in [6, 6.07) is 0. The van der Waals surface area contributed by atoms with Crippen LogP contribution in [0.15, 0.2) is 60.8 Å². The topological polar surface area (TPSA) is 111 Å². The summed E-state index contributed by atoms with van der Waals surface area (Å²) in [6.45, 7) is 4.65. The van der Waals surface area contributed by atoms with Gasteiger partial charge >= 0.3 is 11.9 Å². The standard InChI is InChI=1S/C56H99NO8/c1-6-8-10-12-14-16-18-20-21-22-23-24-25-26-27-28-29-30-31-32-33-35-37-39-41-43-45-47-54(59)65-52(51-64-56(55(60)61)62-49-48-57(3,4)5)50-63-53(58)46-44-42-40-38-36-34-19-17-15-13-11-9-7-2/h11,13,17-20,22-23,25-26,52,56H,6-10,12,14-16,21,24,27-51H2,1-5H3/b13-11-,19-17-,20-18-,23-22-,26-25-. The Balaban J connectivity index is 4.25. The first-order chi connectivity index (χ1) is 31.6. The molecule has 0 saturated carbocycles. The summed E-state index contributed by atoms with van der Waals surface area (Å²) in [5.41, 5.74) is 0.